The molecule has 1 aromatic heterocycles. The van der Waals surface area contributed by atoms with Gasteiger partial charge in [-0.05, 0) is 41.1 Å². The number of aryl methyl sites for hydroxylation is 1. The van der Waals surface area contributed by atoms with Crippen molar-refractivity contribution in [2.75, 3.05) is 0 Å². The summed E-state index contributed by atoms with van der Waals surface area (Å²) in [5, 5.41) is 1.26. The molecule has 1 aromatic carbocycles. The van der Waals surface area contributed by atoms with Crippen molar-refractivity contribution in [1.29, 1.82) is 0 Å². The summed E-state index contributed by atoms with van der Waals surface area (Å²) in [6, 6.07) is 6.32. The molecule has 0 saturated carbocycles. The van der Waals surface area contributed by atoms with E-state index in [1.807, 2.05) is 0 Å². The van der Waals surface area contributed by atoms with Gasteiger partial charge in [0.05, 0.1) is 0 Å². The molecule has 0 aliphatic rings. The lowest BCUT2D eigenvalue weighted by Crippen LogP contribution is -1.88. The van der Waals surface area contributed by atoms with Gasteiger partial charge in [0.25, 0.3) is 0 Å². The van der Waals surface area contributed by atoms with Gasteiger partial charge in [-0.3, -0.25) is 0 Å². The van der Waals surface area contributed by atoms with Gasteiger partial charge in [0.15, 0.2) is 0 Å². The Labute approximate surface area is 94.0 Å². The molecule has 0 N–H and O–H groups in total. The zero-order valence-electron chi connectivity index (χ0n) is 7.44. The van der Waals surface area contributed by atoms with E-state index in [0.29, 0.717) is 0 Å². The van der Waals surface area contributed by atoms with Gasteiger partial charge in [-0.15, -0.1) is 0 Å². The predicted octanol–water partition coefficient (Wildman–Crippen LogP) is 4.01. The highest BCUT2D eigenvalue weighted by atomic mass is 79.9. The van der Waals surface area contributed by atoms with Crippen LogP contribution in [0.25, 0.3) is 10.9 Å². The lowest BCUT2D eigenvalue weighted by Gasteiger charge is -1.97. The number of hydrogen-bond acceptors (Lipinski definition) is 0. The average Bonchev–Trinajstić information content (AvgIpc) is 2.32. The standard InChI is InChI=1S/C10H9Br2N/c1-6-10(12)8-5-7(11)3-4-9(8)13(6)2/h3-5H,1-2H3. The van der Waals surface area contributed by atoms with Gasteiger partial charge in [0, 0.05) is 32.6 Å². The highest BCUT2D eigenvalue weighted by Gasteiger charge is 2.08. The first-order valence-corrected chi connectivity index (χ1v) is 5.60. The second-order valence-corrected chi connectivity index (χ2v) is 4.83. The number of aromatic nitrogens is 1. The fraction of sp³-hybridized carbons (Fsp3) is 0.200. The Morgan fingerprint density at radius 1 is 1.23 bits per heavy atom. The average molecular weight is 303 g/mol. The molecule has 0 spiro atoms. The van der Waals surface area contributed by atoms with E-state index in [-0.39, 0.29) is 0 Å². The smallest absolute Gasteiger partial charge is 0.0492 e. The Kier molecular flexibility index (Phi) is 2.24. The molecule has 2 aromatic rings. The van der Waals surface area contributed by atoms with Crippen molar-refractivity contribution in [1.82, 2.24) is 4.57 Å². The van der Waals surface area contributed by atoms with Gasteiger partial charge in [-0.25, -0.2) is 0 Å². The fourth-order valence-electron chi connectivity index (χ4n) is 1.50. The quantitative estimate of drug-likeness (QED) is 0.693. The second kappa shape index (κ2) is 3.14. The summed E-state index contributed by atoms with van der Waals surface area (Å²) in [4.78, 5) is 0. The zero-order chi connectivity index (χ0) is 9.59. The van der Waals surface area contributed by atoms with Crippen molar-refractivity contribution < 1.29 is 0 Å². The van der Waals surface area contributed by atoms with Crippen LogP contribution >= 0.6 is 31.9 Å². The SMILES string of the molecule is Cc1c(Br)c2cc(Br)ccc2n1C. The van der Waals surface area contributed by atoms with Crippen molar-refractivity contribution >= 4 is 42.8 Å². The molecular formula is C10H9Br2N. The van der Waals surface area contributed by atoms with E-state index < -0.39 is 0 Å². The lowest BCUT2D eigenvalue weighted by atomic mass is 10.2. The molecule has 1 nitrogen and oxygen atoms in total. The molecule has 0 atom stereocenters. The van der Waals surface area contributed by atoms with E-state index in [2.05, 4.69) is 68.6 Å². The van der Waals surface area contributed by atoms with Gasteiger partial charge in [-0.1, -0.05) is 15.9 Å². The summed E-state index contributed by atoms with van der Waals surface area (Å²) in [5.74, 6) is 0. The molecule has 3 heteroatoms. The molecule has 0 amide bonds. The lowest BCUT2D eigenvalue weighted by molar-refractivity contribution is 0.914. The fourth-order valence-corrected chi connectivity index (χ4v) is 2.44. The molecule has 0 aliphatic heterocycles. The summed E-state index contributed by atoms with van der Waals surface area (Å²) in [6.45, 7) is 2.11. The van der Waals surface area contributed by atoms with Gasteiger partial charge in [0.2, 0.25) is 0 Å². The van der Waals surface area contributed by atoms with Crippen LogP contribution in [0.4, 0.5) is 0 Å². The van der Waals surface area contributed by atoms with Crippen LogP contribution in [-0.4, -0.2) is 4.57 Å². The number of halogens is 2. The summed E-state index contributed by atoms with van der Waals surface area (Å²) in [7, 11) is 2.08. The van der Waals surface area contributed by atoms with E-state index in [0.717, 1.165) is 4.47 Å². The number of benzene rings is 1. The molecule has 68 valence electrons. The van der Waals surface area contributed by atoms with Crippen molar-refractivity contribution in [2.45, 2.75) is 6.92 Å². The van der Waals surface area contributed by atoms with Gasteiger partial charge in [-0.2, -0.15) is 0 Å². The van der Waals surface area contributed by atoms with Crippen LogP contribution in [-0.2, 0) is 7.05 Å². The van der Waals surface area contributed by atoms with Crippen LogP contribution in [0.5, 0.6) is 0 Å². The summed E-state index contributed by atoms with van der Waals surface area (Å²) in [6.07, 6.45) is 0. The normalized spacial score (nSPS) is 11.1. The third-order valence-corrected chi connectivity index (χ3v) is 3.87. The molecule has 1 heterocycles. The highest BCUT2D eigenvalue weighted by molar-refractivity contribution is 9.11. The molecule has 0 radical (unpaired) electrons. The van der Waals surface area contributed by atoms with E-state index >= 15 is 0 Å². The van der Waals surface area contributed by atoms with E-state index in [1.54, 1.807) is 0 Å². The Balaban J connectivity index is 2.95. The largest absolute Gasteiger partial charge is 0.347 e. The van der Waals surface area contributed by atoms with E-state index in [9.17, 15) is 0 Å². The van der Waals surface area contributed by atoms with Crippen molar-refractivity contribution in [3.63, 3.8) is 0 Å². The van der Waals surface area contributed by atoms with Crippen LogP contribution in [0, 0.1) is 6.92 Å². The van der Waals surface area contributed by atoms with Crippen LogP contribution in [0.1, 0.15) is 5.69 Å². The van der Waals surface area contributed by atoms with Crippen LogP contribution in [0.15, 0.2) is 27.1 Å². The Morgan fingerprint density at radius 2 is 1.92 bits per heavy atom. The Hall–Kier alpha value is -0.280. The summed E-state index contributed by atoms with van der Waals surface area (Å²) < 4.78 is 4.49. The third-order valence-electron chi connectivity index (χ3n) is 2.38. The van der Waals surface area contributed by atoms with Crippen LogP contribution in [0.3, 0.4) is 0 Å². The topological polar surface area (TPSA) is 4.93 Å². The minimum atomic E-state index is 1.12. The van der Waals surface area contributed by atoms with Crippen LogP contribution < -0.4 is 0 Å². The Bertz CT molecular complexity index is 471. The molecule has 0 saturated heterocycles. The minimum absolute atomic E-state index is 1.12. The highest BCUT2D eigenvalue weighted by Crippen LogP contribution is 2.31. The molecule has 13 heavy (non-hydrogen) atoms. The van der Waals surface area contributed by atoms with Crippen LogP contribution in [0.2, 0.25) is 0 Å². The Morgan fingerprint density at radius 3 is 2.62 bits per heavy atom. The minimum Gasteiger partial charge on any atom is -0.347 e. The maximum absolute atomic E-state index is 3.59. The second-order valence-electron chi connectivity index (χ2n) is 3.12. The van der Waals surface area contributed by atoms with Gasteiger partial charge in [0.1, 0.15) is 0 Å². The van der Waals surface area contributed by atoms with E-state index in [1.165, 1.54) is 21.1 Å². The number of nitrogens with zero attached hydrogens (tertiary/aromatic N) is 1. The number of rotatable bonds is 0. The maximum Gasteiger partial charge on any atom is 0.0492 e. The summed E-state index contributed by atoms with van der Waals surface area (Å²) >= 11 is 7.06. The number of fused-ring (bicyclic) bond motifs is 1. The third kappa shape index (κ3) is 1.34. The van der Waals surface area contributed by atoms with Gasteiger partial charge < -0.3 is 4.57 Å². The monoisotopic (exact) mass is 301 g/mol. The molecule has 0 unspecified atom stereocenters. The summed E-state index contributed by atoms with van der Waals surface area (Å²) in [5.41, 5.74) is 2.51. The maximum atomic E-state index is 3.59. The molecule has 0 fully saturated rings. The van der Waals surface area contributed by atoms with Gasteiger partial charge >= 0.3 is 0 Å². The molecule has 0 bridgehead atoms. The van der Waals surface area contributed by atoms with Crippen molar-refractivity contribution in [2.24, 2.45) is 7.05 Å². The van der Waals surface area contributed by atoms with Crippen molar-refractivity contribution in [3.05, 3.63) is 32.8 Å². The predicted molar refractivity (Wildman–Crippen MR) is 63.1 cm³/mol. The van der Waals surface area contributed by atoms with Crippen molar-refractivity contribution in [3.8, 4) is 0 Å². The first-order chi connectivity index (χ1) is 6.11. The first-order valence-electron chi connectivity index (χ1n) is 4.01. The first kappa shape index (κ1) is 9.28. The molecular weight excluding hydrogens is 294 g/mol. The number of hydrogen-bond donors (Lipinski definition) is 0. The molecule has 2 rings (SSSR count). The van der Waals surface area contributed by atoms with E-state index in [4.69, 9.17) is 0 Å². The molecule has 0 aliphatic carbocycles. The zero-order valence-corrected chi connectivity index (χ0v) is 10.6.